The van der Waals surface area contributed by atoms with E-state index in [9.17, 15) is 29.2 Å². The molecular formula is C44H49ClN8O6. The fourth-order valence-electron chi connectivity index (χ4n) is 10.2. The molecule has 14 nitrogen and oxygen atoms in total. The first-order valence-corrected chi connectivity index (χ1v) is 20.9. The Hall–Kier alpha value is -5.39. The molecule has 0 spiro atoms. The maximum atomic E-state index is 13.4. The molecule has 3 saturated heterocycles. The van der Waals surface area contributed by atoms with Gasteiger partial charge in [0.1, 0.15) is 29.8 Å². The minimum atomic E-state index is -0.977. The Morgan fingerprint density at radius 3 is 2.24 bits per heavy atom. The third-order valence-corrected chi connectivity index (χ3v) is 13.5. The third-order valence-electron chi connectivity index (χ3n) is 13.2. The topological polar surface area (TPSA) is 178 Å². The number of hydrogen-bond acceptors (Lipinski definition) is 11. The van der Waals surface area contributed by atoms with Crippen LogP contribution < -0.4 is 20.3 Å². The van der Waals surface area contributed by atoms with Crippen molar-refractivity contribution in [2.24, 2.45) is 16.7 Å². The van der Waals surface area contributed by atoms with Gasteiger partial charge < -0.3 is 19.9 Å². The van der Waals surface area contributed by atoms with Gasteiger partial charge in [0.05, 0.1) is 27.3 Å². The summed E-state index contributed by atoms with van der Waals surface area (Å²) in [7, 11) is 0. The lowest BCUT2D eigenvalue weighted by molar-refractivity contribution is -0.164. The zero-order valence-corrected chi connectivity index (χ0v) is 34.6. The number of carbonyl (C=O) groups is 5. The minimum Gasteiger partial charge on any atom is -0.489 e. The van der Waals surface area contributed by atoms with Gasteiger partial charge in [0.15, 0.2) is 0 Å². The van der Waals surface area contributed by atoms with E-state index >= 15 is 0 Å². The molecule has 4 fully saturated rings. The first-order chi connectivity index (χ1) is 28.1. The number of amides is 5. The van der Waals surface area contributed by atoms with Crippen molar-refractivity contribution in [1.82, 2.24) is 30.4 Å². The van der Waals surface area contributed by atoms with E-state index in [0.717, 1.165) is 74.8 Å². The number of nitriles is 1. The smallest absolute Gasteiger partial charge is 0.262 e. The number of aromatic nitrogens is 2. The fraction of sp³-hybridized carbons (Fsp3) is 0.500. The molecule has 1 aromatic heterocycles. The molecule has 5 aliphatic rings. The molecule has 0 bridgehead atoms. The van der Waals surface area contributed by atoms with Crippen LogP contribution in [0.5, 0.6) is 5.75 Å². The third kappa shape index (κ3) is 7.55. The molecule has 2 aromatic carbocycles. The Labute approximate surface area is 348 Å². The molecule has 2 N–H and O–H groups in total. The van der Waals surface area contributed by atoms with Crippen molar-refractivity contribution < 1.29 is 28.7 Å². The molecule has 59 heavy (non-hydrogen) atoms. The lowest BCUT2D eigenvalue weighted by Gasteiger charge is -2.63. The number of halogens is 1. The second-order valence-electron chi connectivity index (χ2n) is 17.8. The summed E-state index contributed by atoms with van der Waals surface area (Å²) >= 11 is 6.24. The average molecular weight is 821 g/mol. The van der Waals surface area contributed by atoms with Gasteiger partial charge in [-0.1, -0.05) is 39.3 Å². The van der Waals surface area contributed by atoms with Crippen LogP contribution in [0.3, 0.4) is 0 Å². The van der Waals surface area contributed by atoms with Crippen LogP contribution in [0, 0.1) is 28.1 Å². The van der Waals surface area contributed by atoms with Gasteiger partial charge in [-0.25, -0.2) is 9.97 Å². The van der Waals surface area contributed by atoms with Crippen molar-refractivity contribution in [3.05, 3.63) is 81.9 Å². The molecule has 5 heterocycles. The second kappa shape index (κ2) is 15.7. The molecule has 5 amide bonds. The summed E-state index contributed by atoms with van der Waals surface area (Å²) in [4.78, 5) is 79.1. The van der Waals surface area contributed by atoms with E-state index in [0.29, 0.717) is 38.9 Å². The van der Waals surface area contributed by atoms with Crippen molar-refractivity contribution in [1.29, 1.82) is 5.26 Å². The highest BCUT2D eigenvalue weighted by molar-refractivity contribution is 6.31. The summed E-state index contributed by atoms with van der Waals surface area (Å²) in [5, 5.41) is 15.0. The average Bonchev–Trinajstić information content (AvgIpc) is 3.47. The quantitative estimate of drug-likeness (QED) is 0.274. The molecule has 1 saturated carbocycles. The molecular weight excluding hydrogens is 772 g/mol. The predicted molar refractivity (Wildman–Crippen MR) is 218 cm³/mol. The van der Waals surface area contributed by atoms with Crippen LogP contribution in [0.1, 0.15) is 115 Å². The van der Waals surface area contributed by atoms with Crippen molar-refractivity contribution in [3.8, 4) is 11.8 Å². The number of nitrogens with zero attached hydrogens (tertiary/aromatic N) is 6. The van der Waals surface area contributed by atoms with E-state index in [-0.39, 0.29) is 47.6 Å². The number of carbonyl (C=O) groups excluding carboxylic acids is 5. The molecule has 15 heteroatoms. The largest absolute Gasteiger partial charge is 0.489 e. The SMILES string of the molecule is CC1(C)C(NC(=O)c2cnc(C3CCN(CC4CCN(c5ccc6c(c5)C(=O)N(C5CCC(=O)NC5=O)C6=O)CC4)CC3)nc2)C(C)(C)C1Oc1ccc(C#N)c(Cl)c1. The number of anilines is 1. The second-order valence-corrected chi connectivity index (χ2v) is 18.2. The van der Waals surface area contributed by atoms with Gasteiger partial charge >= 0.3 is 0 Å². The summed E-state index contributed by atoms with van der Waals surface area (Å²) in [5.74, 6) is -0.0937. The highest BCUT2D eigenvalue weighted by atomic mass is 35.5. The van der Waals surface area contributed by atoms with Crippen LogP contribution in [-0.2, 0) is 9.59 Å². The van der Waals surface area contributed by atoms with Gasteiger partial charge in [0.25, 0.3) is 17.7 Å². The molecule has 0 radical (unpaired) electrons. The summed E-state index contributed by atoms with van der Waals surface area (Å²) in [6.45, 7) is 12.9. The predicted octanol–water partition coefficient (Wildman–Crippen LogP) is 5.11. The number of nitrogens with one attached hydrogen (secondary N) is 2. The van der Waals surface area contributed by atoms with Gasteiger partial charge in [0.2, 0.25) is 11.8 Å². The van der Waals surface area contributed by atoms with Gasteiger partial charge in [-0.15, -0.1) is 0 Å². The number of benzene rings is 2. The summed E-state index contributed by atoms with van der Waals surface area (Å²) < 4.78 is 6.36. The van der Waals surface area contributed by atoms with E-state index in [2.05, 4.69) is 64.2 Å². The van der Waals surface area contributed by atoms with Gasteiger partial charge in [-0.2, -0.15) is 5.26 Å². The van der Waals surface area contributed by atoms with Gasteiger partial charge in [-0.05, 0) is 81.4 Å². The van der Waals surface area contributed by atoms with E-state index in [1.54, 1.807) is 42.7 Å². The van der Waals surface area contributed by atoms with Crippen molar-refractivity contribution in [3.63, 3.8) is 0 Å². The zero-order chi connectivity index (χ0) is 41.8. The molecule has 1 atom stereocenters. The van der Waals surface area contributed by atoms with Crippen molar-refractivity contribution in [2.75, 3.05) is 37.6 Å². The first kappa shape index (κ1) is 40.4. The molecule has 3 aromatic rings. The Morgan fingerprint density at radius 2 is 1.59 bits per heavy atom. The van der Waals surface area contributed by atoms with Crippen LogP contribution in [0.4, 0.5) is 5.69 Å². The minimum absolute atomic E-state index is 0.0882. The van der Waals surface area contributed by atoms with E-state index in [1.165, 1.54) is 0 Å². The summed E-state index contributed by atoms with van der Waals surface area (Å²) in [5.41, 5.74) is 1.52. The van der Waals surface area contributed by atoms with Gasteiger partial charge in [-0.3, -0.25) is 34.2 Å². The van der Waals surface area contributed by atoms with Crippen molar-refractivity contribution >= 4 is 46.8 Å². The maximum Gasteiger partial charge on any atom is 0.262 e. The fourth-order valence-corrected chi connectivity index (χ4v) is 10.5. The van der Waals surface area contributed by atoms with E-state index < -0.39 is 29.7 Å². The molecule has 308 valence electrons. The Bertz CT molecular complexity index is 2220. The number of piperidine rings is 3. The number of ether oxygens (including phenoxy) is 1. The maximum absolute atomic E-state index is 13.4. The van der Waals surface area contributed by atoms with E-state index in [1.807, 2.05) is 6.07 Å². The van der Waals surface area contributed by atoms with Gasteiger partial charge in [0, 0.05) is 73.0 Å². The summed E-state index contributed by atoms with van der Waals surface area (Å²) in [6, 6.07) is 11.3. The number of fused-ring (bicyclic) bond motifs is 1. The van der Waals surface area contributed by atoms with Crippen molar-refractivity contribution in [2.45, 2.75) is 90.3 Å². The number of hydrogen-bond donors (Lipinski definition) is 2. The monoisotopic (exact) mass is 820 g/mol. The van der Waals surface area contributed by atoms with Crippen LogP contribution in [0.15, 0.2) is 48.8 Å². The number of rotatable bonds is 9. The Kier molecular flexibility index (Phi) is 10.7. The highest BCUT2D eigenvalue weighted by Gasteiger charge is 2.64. The summed E-state index contributed by atoms with van der Waals surface area (Å²) in [6.07, 6.45) is 7.18. The van der Waals surface area contributed by atoms with Crippen LogP contribution in [0.25, 0.3) is 0 Å². The molecule has 1 unspecified atom stereocenters. The van der Waals surface area contributed by atoms with E-state index in [4.69, 9.17) is 16.3 Å². The lowest BCUT2D eigenvalue weighted by atomic mass is 9.49. The number of likely N-dealkylation sites (tertiary alicyclic amines) is 1. The number of imide groups is 2. The standard InChI is InChI=1S/C44H49ClN8O6/c1-43(2)41(44(3,4)42(43)59-30-7-5-27(21-46)33(45)20-30)50-37(55)28-22-47-36(48-23-28)26-13-15-51(16-14-26)24-25-11-17-52(18-12-25)29-6-8-31-32(19-29)40(58)53(39(31)57)34-9-10-35(54)49-38(34)56/h5-8,19-20,22-23,25-26,34,41-42H,9-18,24H2,1-4H3,(H,50,55)(H,49,54,56). The lowest BCUT2D eigenvalue weighted by Crippen LogP contribution is -2.74. The Morgan fingerprint density at radius 1 is 0.915 bits per heavy atom. The van der Waals surface area contributed by atoms with Crippen LogP contribution >= 0.6 is 11.6 Å². The molecule has 1 aliphatic carbocycles. The van der Waals surface area contributed by atoms with Crippen LogP contribution in [-0.4, -0.2) is 100 Å². The van der Waals surface area contributed by atoms with Crippen LogP contribution in [0.2, 0.25) is 5.02 Å². The zero-order valence-electron chi connectivity index (χ0n) is 33.8. The highest BCUT2D eigenvalue weighted by Crippen LogP contribution is 2.55. The normalized spacial score (nSPS) is 24.6. The molecule has 8 rings (SSSR count). The molecule has 4 aliphatic heterocycles. The Balaban J connectivity index is 0.789. The first-order valence-electron chi connectivity index (χ1n) is 20.5.